The van der Waals surface area contributed by atoms with E-state index in [9.17, 15) is 0 Å². The summed E-state index contributed by atoms with van der Waals surface area (Å²) in [6.07, 6.45) is 11.4. The Morgan fingerprint density at radius 1 is 0.933 bits per heavy atom. The molecule has 0 amide bonds. The van der Waals surface area contributed by atoms with E-state index in [0.717, 1.165) is 22.7 Å². The molecule has 4 heterocycles. The second-order valence-corrected chi connectivity index (χ2v) is 9.34. The number of benzene rings is 1. The molecule has 0 N–H and O–H groups in total. The first-order valence-electron chi connectivity index (χ1n) is 10.8. The van der Waals surface area contributed by atoms with Crippen LogP contribution >= 0.6 is 22.9 Å². The topological polar surface area (TPSA) is 21.1 Å². The molecule has 5 rings (SSSR count). The third kappa shape index (κ3) is 4.18. The van der Waals surface area contributed by atoms with Crippen molar-refractivity contribution >= 4 is 33.8 Å². The molecule has 1 saturated heterocycles. The fourth-order valence-electron chi connectivity index (χ4n) is 4.51. The van der Waals surface area contributed by atoms with Gasteiger partial charge in [-0.1, -0.05) is 18.0 Å². The number of rotatable bonds is 6. The van der Waals surface area contributed by atoms with E-state index in [1.165, 1.54) is 67.3 Å². The molecule has 0 aliphatic carbocycles. The Kier molecular flexibility index (Phi) is 5.89. The molecule has 0 bridgehead atoms. The number of hydrogen-bond donors (Lipinski definition) is 0. The Morgan fingerprint density at radius 3 is 2.63 bits per heavy atom. The van der Waals surface area contributed by atoms with Gasteiger partial charge in [0, 0.05) is 57.8 Å². The molecular formula is C25H26ClN3S. The smallest absolute Gasteiger partial charge is 0.0487 e. The molecule has 1 aromatic carbocycles. The normalized spacial score (nSPS) is 15.1. The van der Waals surface area contributed by atoms with Crippen LogP contribution in [0.5, 0.6) is 0 Å². The summed E-state index contributed by atoms with van der Waals surface area (Å²) in [5.41, 5.74) is 5.96. The molecule has 1 fully saturated rings. The Morgan fingerprint density at radius 2 is 1.80 bits per heavy atom. The van der Waals surface area contributed by atoms with Crippen LogP contribution in [0.2, 0.25) is 5.02 Å². The van der Waals surface area contributed by atoms with Gasteiger partial charge in [-0.15, -0.1) is 0 Å². The standard InChI is InChI=1S/C25H26ClN3S/c26-22-5-6-25-23(14-22)24(17-29(25)11-4-10-28-8-2-1-3-9-28)21-13-20(15-27-16-21)19-7-12-30-18-19/h5-7,12-18H,1-4,8-11H2. The number of halogens is 1. The van der Waals surface area contributed by atoms with Crippen LogP contribution in [0.15, 0.2) is 59.7 Å². The molecule has 0 unspecified atom stereocenters. The molecule has 0 spiro atoms. The van der Waals surface area contributed by atoms with Gasteiger partial charge in [-0.25, -0.2) is 0 Å². The largest absolute Gasteiger partial charge is 0.347 e. The SMILES string of the molecule is Clc1ccc2c(c1)c(-c1cncc(-c3ccsc3)c1)cn2CCCN1CCCCC1. The highest BCUT2D eigenvalue weighted by Gasteiger charge is 2.14. The van der Waals surface area contributed by atoms with Crippen LogP contribution in [-0.4, -0.2) is 34.1 Å². The fourth-order valence-corrected chi connectivity index (χ4v) is 5.34. The maximum Gasteiger partial charge on any atom is 0.0487 e. The lowest BCUT2D eigenvalue weighted by Gasteiger charge is -2.26. The van der Waals surface area contributed by atoms with E-state index in [-0.39, 0.29) is 0 Å². The number of piperidine rings is 1. The summed E-state index contributed by atoms with van der Waals surface area (Å²) < 4.78 is 2.39. The van der Waals surface area contributed by atoms with Crippen molar-refractivity contribution in [2.24, 2.45) is 0 Å². The highest BCUT2D eigenvalue weighted by atomic mass is 35.5. The van der Waals surface area contributed by atoms with Gasteiger partial charge in [-0.05, 0) is 85.6 Å². The summed E-state index contributed by atoms with van der Waals surface area (Å²) in [6.45, 7) is 4.72. The van der Waals surface area contributed by atoms with E-state index in [4.69, 9.17) is 11.6 Å². The van der Waals surface area contributed by atoms with Crippen molar-refractivity contribution in [2.75, 3.05) is 19.6 Å². The van der Waals surface area contributed by atoms with Gasteiger partial charge >= 0.3 is 0 Å². The monoisotopic (exact) mass is 435 g/mol. The van der Waals surface area contributed by atoms with Crippen molar-refractivity contribution in [1.29, 1.82) is 0 Å². The first-order chi connectivity index (χ1) is 14.8. The number of thiophene rings is 1. The highest BCUT2D eigenvalue weighted by molar-refractivity contribution is 7.08. The zero-order valence-electron chi connectivity index (χ0n) is 17.1. The Hall–Kier alpha value is -2.14. The van der Waals surface area contributed by atoms with E-state index in [2.05, 4.69) is 55.7 Å². The molecule has 3 nitrogen and oxygen atoms in total. The summed E-state index contributed by atoms with van der Waals surface area (Å²) in [5, 5.41) is 6.25. The molecule has 3 aromatic heterocycles. The van der Waals surface area contributed by atoms with Crippen molar-refractivity contribution in [3.63, 3.8) is 0 Å². The number of fused-ring (bicyclic) bond motifs is 1. The van der Waals surface area contributed by atoms with Gasteiger partial charge in [0.1, 0.15) is 0 Å². The van der Waals surface area contributed by atoms with Gasteiger partial charge in [0.2, 0.25) is 0 Å². The minimum absolute atomic E-state index is 0.775. The Balaban J connectivity index is 1.45. The van der Waals surface area contributed by atoms with Crippen LogP contribution in [-0.2, 0) is 6.54 Å². The summed E-state index contributed by atoms with van der Waals surface area (Å²) in [6, 6.07) is 10.6. The van der Waals surface area contributed by atoms with Crippen LogP contribution in [0.4, 0.5) is 0 Å². The van der Waals surface area contributed by atoms with Gasteiger partial charge in [-0.2, -0.15) is 11.3 Å². The maximum absolute atomic E-state index is 6.38. The molecular weight excluding hydrogens is 410 g/mol. The second kappa shape index (κ2) is 8.93. The van der Waals surface area contributed by atoms with Gasteiger partial charge in [-0.3, -0.25) is 4.98 Å². The quantitative estimate of drug-likeness (QED) is 0.326. The number of aromatic nitrogens is 2. The number of hydrogen-bond acceptors (Lipinski definition) is 3. The number of aryl methyl sites for hydroxylation is 1. The molecule has 4 aromatic rings. The van der Waals surface area contributed by atoms with Gasteiger partial charge < -0.3 is 9.47 Å². The van der Waals surface area contributed by atoms with Crippen molar-refractivity contribution < 1.29 is 0 Å². The molecule has 0 radical (unpaired) electrons. The lowest BCUT2D eigenvalue weighted by molar-refractivity contribution is 0.223. The lowest BCUT2D eigenvalue weighted by Crippen LogP contribution is -2.31. The average Bonchev–Trinajstić information content (AvgIpc) is 3.43. The summed E-state index contributed by atoms with van der Waals surface area (Å²) in [5.74, 6) is 0. The number of pyridine rings is 1. The van der Waals surface area contributed by atoms with Gasteiger partial charge in [0.05, 0.1) is 0 Å². The van der Waals surface area contributed by atoms with E-state index in [1.54, 1.807) is 11.3 Å². The van der Waals surface area contributed by atoms with Crippen LogP contribution in [0.3, 0.4) is 0 Å². The Bertz CT molecular complexity index is 1130. The molecule has 0 saturated carbocycles. The van der Waals surface area contributed by atoms with E-state index in [1.807, 2.05) is 18.5 Å². The van der Waals surface area contributed by atoms with Gasteiger partial charge in [0.25, 0.3) is 0 Å². The van der Waals surface area contributed by atoms with Crippen molar-refractivity contribution in [1.82, 2.24) is 14.5 Å². The Labute approximate surface area is 186 Å². The lowest BCUT2D eigenvalue weighted by atomic mass is 10.0. The first-order valence-corrected chi connectivity index (χ1v) is 12.1. The number of nitrogens with zero attached hydrogens (tertiary/aromatic N) is 3. The summed E-state index contributed by atoms with van der Waals surface area (Å²) in [7, 11) is 0. The minimum Gasteiger partial charge on any atom is -0.347 e. The molecule has 154 valence electrons. The van der Waals surface area contributed by atoms with Crippen LogP contribution in [0, 0.1) is 0 Å². The van der Waals surface area contributed by atoms with Crippen LogP contribution in [0.1, 0.15) is 25.7 Å². The summed E-state index contributed by atoms with van der Waals surface area (Å²) in [4.78, 5) is 7.15. The molecule has 5 heteroatoms. The van der Waals surface area contributed by atoms with Crippen LogP contribution < -0.4 is 0 Å². The van der Waals surface area contributed by atoms with Crippen molar-refractivity contribution in [3.8, 4) is 22.3 Å². The maximum atomic E-state index is 6.38. The minimum atomic E-state index is 0.775. The van der Waals surface area contributed by atoms with Crippen LogP contribution in [0.25, 0.3) is 33.2 Å². The number of likely N-dealkylation sites (tertiary alicyclic amines) is 1. The zero-order valence-corrected chi connectivity index (χ0v) is 18.6. The second-order valence-electron chi connectivity index (χ2n) is 8.13. The van der Waals surface area contributed by atoms with Gasteiger partial charge in [0.15, 0.2) is 0 Å². The van der Waals surface area contributed by atoms with Crippen molar-refractivity contribution in [2.45, 2.75) is 32.2 Å². The van der Waals surface area contributed by atoms with E-state index >= 15 is 0 Å². The predicted octanol–water partition coefficient (Wildman–Crippen LogP) is 6.96. The first kappa shape index (κ1) is 19.8. The predicted molar refractivity (Wildman–Crippen MR) is 128 cm³/mol. The van der Waals surface area contributed by atoms with E-state index in [0.29, 0.717) is 0 Å². The third-order valence-corrected chi connectivity index (χ3v) is 6.99. The van der Waals surface area contributed by atoms with E-state index < -0.39 is 0 Å². The van der Waals surface area contributed by atoms with Crippen molar-refractivity contribution in [3.05, 3.63) is 64.7 Å². The third-order valence-electron chi connectivity index (χ3n) is 6.07. The zero-order chi connectivity index (χ0) is 20.3. The molecule has 1 aliphatic heterocycles. The molecule has 1 aliphatic rings. The highest BCUT2D eigenvalue weighted by Crippen LogP contribution is 2.34. The summed E-state index contributed by atoms with van der Waals surface area (Å²) >= 11 is 8.09. The fraction of sp³-hybridized carbons (Fsp3) is 0.320. The molecule has 0 atom stereocenters. The molecule has 30 heavy (non-hydrogen) atoms. The average molecular weight is 436 g/mol.